The topological polar surface area (TPSA) is 65.0 Å². The molecule has 25 heavy (non-hydrogen) atoms. The molecule has 1 aromatic carbocycles. The molecule has 0 bridgehead atoms. The SMILES string of the molecule is CC([O-])=NCC1CN(c2cc(C)c(C3(C)CCCC3)c(C)c2)C(=O)O1. The highest BCUT2D eigenvalue weighted by Crippen LogP contribution is 2.44. The summed E-state index contributed by atoms with van der Waals surface area (Å²) in [6, 6.07) is 4.19. The maximum atomic E-state index is 12.2. The predicted octanol–water partition coefficient (Wildman–Crippen LogP) is 3.24. The molecule has 1 saturated heterocycles. The molecule has 5 nitrogen and oxygen atoms in total. The van der Waals surface area contributed by atoms with Crippen LogP contribution in [0.4, 0.5) is 10.5 Å². The van der Waals surface area contributed by atoms with Gasteiger partial charge in [-0.25, -0.2) is 4.79 Å². The van der Waals surface area contributed by atoms with E-state index in [4.69, 9.17) is 4.74 Å². The summed E-state index contributed by atoms with van der Waals surface area (Å²) in [6.45, 7) is 8.71. The maximum Gasteiger partial charge on any atom is 0.414 e. The maximum absolute atomic E-state index is 12.2. The van der Waals surface area contributed by atoms with E-state index in [1.54, 1.807) is 4.90 Å². The third kappa shape index (κ3) is 3.51. The highest BCUT2D eigenvalue weighted by molar-refractivity contribution is 5.90. The van der Waals surface area contributed by atoms with Crippen LogP contribution >= 0.6 is 0 Å². The molecule has 0 spiro atoms. The van der Waals surface area contributed by atoms with Crippen LogP contribution in [-0.2, 0) is 10.2 Å². The van der Waals surface area contributed by atoms with E-state index >= 15 is 0 Å². The molecule has 2 fully saturated rings. The molecule has 0 N–H and O–H groups in total. The summed E-state index contributed by atoms with van der Waals surface area (Å²) in [5.41, 5.74) is 5.04. The quantitative estimate of drug-likeness (QED) is 0.623. The van der Waals surface area contributed by atoms with Gasteiger partial charge in [0.05, 0.1) is 13.1 Å². The molecule has 1 aliphatic heterocycles. The number of cyclic esters (lactones) is 1. The fourth-order valence-electron chi connectivity index (χ4n) is 4.51. The van der Waals surface area contributed by atoms with Crippen molar-refractivity contribution in [3.63, 3.8) is 0 Å². The summed E-state index contributed by atoms with van der Waals surface area (Å²) in [5.74, 6) is -0.240. The molecule has 1 unspecified atom stereocenters. The van der Waals surface area contributed by atoms with Crippen molar-refractivity contribution >= 4 is 17.7 Å². The molecule has 5 heteroatoms. The smallest absolute Gasteiger partial charge is 0.414 e. The van der Waals surface area contributed by atoms with E-state index in [9.17, 15) is 9.90 Å². The summed E-state index contributed by atoms with van der Waals surface area (Å²) < 4.78 is 5.35. The second kappa shape index (κ2) is 6.70. The number of rotatable bonds is 4. The third-order valence-electron chi connectivity index (χ3n) is 5.53. The molecule has 1 saturated carbocycles. The van der Waals surface area contributed by atoms with Gasteiger partial charge in [-0.05, 0) is 73.7 Å². The second-order valence-electron chi connectivity index (χ2n) is 7.70. The van der Waals surface area contributed by atoms with Crippen LogP contribution in [0.5, 0.6) is 0 Å². The van der Waals surface area contributed by atoms with E-state index < -0.39 is 0 Å². The lowest BCUT2D eigenvalue weighted by molar-refractivity contribution is -0.216. The van der Waals surface area contributed by atoms with Crippen molar-refractivity contribution in [3.8, 4) is 0 Å². The van der Waals surface area contributed by atoms with Gasteiger partial charge in [0.25, 0.3) is 0 Å². The number of benzene rings is 1. The minimum Gasteiger partial charge on any atom is -0.862 e. The Hall–Kier alpha value is -2.04. The Morgan fingerprint density at radius 2 is 1.92 bits per heavy atom. The normalized spacial score (nSPS) is 23.2. The van der Waals surface area contributed by atoms with Crippen molar-refractivity contribution < 1.29 is 14.6 Å². The van der Waals surface area contributed by atoms with E-state index in [2.05, 4.69) is 37.9 Å². The van der Waals surface area contributed by atoms with E-state index in [0.717, 1.165) is 5.69 Å². The molecule has 1 aliphatic carbocycles. The lowest BCUT2D eigenvalue weighted by Gasteiger charge is -2.29. The van der Waals surface area contributed by atoms with Crippen LogP contribution in [-0.4, -0.2) is 31.2 Å². The molecule has 0 aromatic heterocycles. The average molecular weight is 343 g/mol. The first-order chi connectivity index (χ1) is 11.8. The molecule has 0 radical (unpaired) electrons. The fourth-order valence-corrected chi connectivity index (χ4v) is 4.51. The van der Waals surface area contributed by atoms with Crippen molar-refractivity contribution in [2.75, 3.05) is 18.0 Å². The number of hydrogen-bond acceptors (Lipinski definition) is 4. The summed E-state index contributed by atoms with van der Waals surface area (Å²) in [6.07, 6.45) is 4.32. The highest BCUT2D eigenvalue weighted by atomic mass is 16.6. The van der Waals surface area contributed by atoms with Crippen molar-refractivity contribution in [1.82, 2.24) is 0 Å². The number of carbonyl (C=O) groups is 1. The Labute approximate surface area is 149 Å². The first-order valence-corrected chi connectivity index (χ1v) is 9.08. The molecule has 1 atom stereocenters. The van der Waals surface area contributed by atoms with Gasteiger partial charge in [-0.2, -0.15) is 0 Å². The number of amides is 1. The number of nitrogens with zero attached hydrogens (tertiary/aromatic N) is 2. The van der Waals surface area contributed by atoms with Gasteiger partial charge in [-0.3, -0.25) is 4.90 Å². The molecule has 1 heterocycles. The van der Waals surface area contributed by atoms with Crippen molar-refractivity contribution in [3.05, 3.63) is 28.8 Å². The van der Waals surface area contributed by atoms with Crippen LogP contribution < -0.4 is 10.0 Å². The molecule has 2 aliphatic rings. The summed E-state index contributed by atoms with van der Waals surface area (Å²) in [7, 11) is 0. The molecule has 1 amide bonds. The summed E-state index contributed by atoms with van der Waals surface area (Å²) >= 11 is 0. The third-order valence-corrected chi connectivity index (χ3v) is 5.53. The zero-order chi connectivity index (χ0) is 18.2. The average Bonchev–Trinajstić information content (AvgIpc) is 3.11. The van der Waals surface area contributed by atoms with Gasteiger partial charge in [-0.1, -0.05) is 19.8 Å². The van der Waals surface area contributed by atoms with Gasteiger partial charge < -0.3 is 14.8 Å². The van der Waals surface area contributed by atoms with Gasteiger partial charge in [0.15, 0.2) is 0 Å². The van der Waals surface area contributed by atoms with Crippen LogP contribution in [0.15, 0.2) is 17.1 Å². The summed E-state index contributed by atoms with van der Waals surface area (Å²) in [5, 5.41) is 11.0. The minimum atomic E-state index is -0.359. The second-order valence-corrected chi connectivity index (χ2v) is 7.70. The predicted molar refractivity (Wildman–Crippen MR) is 97.3 cm³/mol. The lowest BCUT2D eigenvalue weighted by Crippen LogP contribution is -2.27. The Balaban J connectivity index is 1.84. The Morgan fingerprint density at radius 3 is 2.48 bits per heavy atom. The van der Waals surface area contributed by atoms with Crippen LogP contribution in [0.2, 0.25) is 0 Å². The van der Waals surface area contributed by atoms with Gasteiger partial charge >= 0.3 is 6.09 Å². The number of aliphatic imine (C=N–C) groups is 1. The van der Waals surface area contributed by atoms with E-state index in [1.807, 2.05) is 0 Å². The first-order valence-electron chi connectivity index (χ1n) is 9.08. The van der Waals surface area contributed by atoms with Crippen molar-refractivity contribution in [2.45, 2.75) is 64.9 Å². The van der Waals surface area contributed by atoms with Crippen LogP contribution in [0.25, 0.3) is 0 Å². The number of carbonyl (C=O) groups excluding carboxylic acids is 1. The van der Waals surface area contributed by atoms with E-state index in [0.29, 0.717) is 6.54 Å². The van der Waals surface area contributed by atoms with Crippen LogP contribution in [0.3, 0.4) is 0 Å². The van der Waals surface area contributed by atoms with E-state index in [-0.39, 0.29) is 30.1 Å². The zero-order valence-electron chi connectivity index (χ0n) is 15.6. The van der Waals surface area contributed by atoms with Crippen LogP contribution in [0, 0.1) is 13.8 Å². The van der Waals surface area contributed by atoms with Crippen molar-refractivity contribution in [2.24, 2.45) is 4.99 Å². The summed E-state index contributed by atoms with van der Waals surface area (Å²) in [4.78, 5) is 17.7. The zero-order valence-corrected chi connectivity index (χ0v) is 15.6. The number of hydrogen-bond donors (Lipinski definition) is 0. The Kier molecular flexibility index (Phi) is 4.76. The molecule has 1 aromatic rings. The van der Waals surface area contributed by atoms with Gasteiger partial charge in [-0.15, -0.1) is 0 Å². The lowest BCUT2D eigenvalue weighted by atomic mass is 9.76. The standard InChI is InChI=1S/C20H28N2O3/c1-13-9-16(10-14(2)18(13)20(4)7-5-6-8-20)22-12-17(25-19(22)24)11-21-15(3)23/h9-10,17H,5-8,11-12H2,1-4H3,(H,21,23)/p-1. The highest BCUT2D eigenvalue weighted by Gasteiger charge is 2.35. The molecular formula is C20H27N2O3-. The van der Waals surface area contributed by atoms with Gasteiger partial charge in [0.2, 0.25) is 0 Å². The molecule has 3 rings (SSSR count). The van der Waals surface area contributed by atoms with Crippen LogP contribution in [0.1, 0.15) is 56.2 Å². The van der Waals surface area contributed by atoms with E-state index in [1.165, 1.54) is 49.3 Å². The first kappa shape index (κ1) is 17.8. The van der Waals surface area contributed by atoms with Gasteiger partial charge in [0.1, 0.15) is 6.10 Å². The molecular weight excluding hydrogens is 316 g/mol. The minimum absolute atomic E-state index is 0.228. The molecule has 136 valence electrons. The fraction of sp³-hybridized carbons (Fsp3) is 0.600. The Bertz CT molecular complexity index is 678. The number of aryl methyl sites for hydroxylation is 2. The number of anilines is 1. The van der Waals surface area contributed by atoms with Gasteiger partial charge in [0, 0.05) is 5.69 Å². The number of ether oxygens (including phenoxy) is 1. The Morgan fingerprint density at radius 1 is 1.32 bits per heavy atom. The monoisotopic (exact) mass is 343 g/mol. The largest absolute Gasteiger partial charge is 0.862 e. The van der Waals surface area contributed by atoms with Crippen molar-refractivity contribution in [1.29, 1.82) is 0 Å².